The first-order valence-electron chi connectivity index (χ1n) is 17.4. The zero-order valence-electron chi connectivity index (χ0n) is 32.0. The fraction of sp³-hybridized carbons (Fsp3) is 0.615. The Morgan fingerprint density at radius 2 is 1.43 bits per heavy atom. The van der Waals surface area contributed by atoms with Crippen molar-refractivity contribution >= 4 is 22.6 Å². The van der Waals surface area contributed by atoms with E-state index in [0.29, 0.717) is 19.8 Å². The summed E-state index contributed by atoms with van der Waals surface area (Å²) < 4.78 is 37.2. The molecule has 0 saturated carbocycles. The number of hydrogen-bond donors (Lipinski definition) is 1. The van der Waals surface area contributed by atoms with E-state index >= 15 is 0 Å². The molecule has 1 aliphatic heterocycles. The molecule has 1 aliphatic rings. The smallest absolute Gasteiger partial charge is 0.317 e. The molecule has 1 saturated heterocycles. The molecule has 0 radical (unpaired) electrons. The Kier molecular flexibility index (Phi) is 14.1. The normalized spacial score (nSPS) is 21.9. The van der Waals surface area contributed by atoms with Gasteiger partial charge in [-0.05, 0) is 66.4 Å². The number of aliphatic hydroxyl groups excluding tert-OH is 1. The van der Waals surface area contributed by atoms with Crippen molar-refractivity contribution in [2.24, 2.45) is 5.41 Å². The summed E-state index contributed by atoms with van der Waals surface area (Å²) in [6.07, 6.45) is 1.34. The molecule has 1 fully saturated rings. The lowest BCUT2D eigenvalue weighted by Gasteiger charge is -2.42. The summed E-state index contributed by atoms with van der Waals surface area (Å²) in [5.74, 6) is 0.432. The van der Waals surface area contributed by atoms with E-state index in [-0.39, 0.29) is 35.2 Å². The number of ether oxygens (including phenoxy) is 4. The van der Waals surface area contributed by atoms with Gasteiger partial charge in [0, 0.05) is 6.42 Å². The molecule has 0 aliphatic carbocycles. The van der Waals surface area contributed by atoms with Gasteiger partial charge in [0.2, 0.25) is 0 Å². The number of rotatable bonds is 17. The van der Waals surface area contributed by atoms with Crippen LogP contribution in [0.4, 0.5) is 0 Å². The molecule has 0 amide bonds. The summed E-state index contributed by atoms with van der Waals surface area (Å²) in [7, 11) is -2.86. The van der Waals surface area contributed by atoms with Crippen molar-refractivity contribution in [2.45, 2.75) is 129 Å². The Morgan fingerprint density at radius 1 is 0.857 bits per heavy atom. The van der Waals surface area contributed by atoms with Gasteiger partial charge >= 0.3 is 5.97 Å². The molecule has 5 atom stereocenters. The van der Waals surface area contributed by atoms with Crippen molar-refractivity contribution in [1.29, 1.82) is 0 Å². The molecule has 10 heteroatoms. The fourth-order valence-corrected chi connectivity index (χ4v) is 7.75. The summed E-state index contributed by atoms with van der Waals surface area (Å²) in [5.41, 5.74) is 1.03. The van der Waals surface area contributed by atoms with Crippen LogP contribution in [0.3, 0.4) is 0 Å². The van der Waals surface area contributed by atoms with E-state index in [1.165, 1.54) is 0 Å². The zero-order chi connectivity index (χ0) is 36.7. The first-order valence-corrected chi connectivity index (χ1v) is 23.3. The molecule has 0 bridgehead atoms. The van der Waals surface area contributed by atoms with E-state index in [0.717, 1.165) is 16.9 Å². The number of carbonyl (C=O) groups is 1. The quantitative estimate of drug-likeness (QED) is 0.0992. The van der Waals surface area contributed by atoms with Gasteiger partial charge in [-0.2, -0.15) is 0 Å². The SMILES string of the molecule is COc1ccc(COC[C@@H](/C=C/C(O)C[C@@H]2OC(=O)[C@@](C)(COCc3ccccc3)[C@@H]2O[Si](C)(C)C(C)(C)C)O[Si](C)(C)C(C)(C)C)cc1. The van der Waals surface area contributed by atoms with Gasteiger partial charge in [-0.1, -0.05) is 96.2 Å². The monoisotopic (exact) mass is 714 g/mol. The van der Waals surface area contributed by atoms with Crippen molar-refractivity contribution in [3.8, 4) is 5.75 Å². The summed E-state index contributed by atoms with van der Waals surface area (Å²) in [4.78, 5) is 13.6. The molecule has 2 aromatic rings. The van der Waals surface area contributed by atoms with Crippen LogP contribution in [0.5, 0.6) is 5.75 Å². The molecule has 1 unspecified atom stereocenters. The van der Waals surface area contributed by atoms with Gasteiger partial charge in [0.1, 0.15) is 23.4 Å². The van der Waals surface area contributed by atoms with Crippen LogP contribution in [0, 0.1) is 5.41 Å². The minimum Gasteiger partial charge on any atom is -0.497 e. The highest BCUT2D eigenvalue weighted by Gasteiger charge is 2.58. The van der Waals surface area contributed by atoms with E-state index in [9.17, 15) is 9.90 Å². The van der Waals surface area contributed by atoms with Crippen molar-refractivity contribution in [1.82, 2.24) is 0 Å². The standard InChI is InChI=1S/C39H62O8Si2/c1-37(2,3)48(9,10)46-33(27-43-25-30-18-21-32(42-8)22-19-30)23-20-31(40)24-34-35(47-49(11,12)38(4,5)6)39(7,36(41)45-34)28-44-26-29-16-14-13-15-17-29/h13-23,31,33-35,40H,24-28H2,1-12H3/b23-20+/t31?,33-,34+,35-,39+/m1/s1. The van der Waals surface area contributed by atoms with Gasteiger partial charge in [0.15, 0.2) is 16.6 Å². The number of benzene rings is 2. The largest absolute Gasteiger partial charge is 0.497 e. The number of carbonyl (C=O) groups excluding carboxylic acids is 1. The molecule has 274 valence electrons. The second-order valence-corrected chi connectivity index (χ2v) is 26.1. The molecule has 0 spiro atoms. The molecular weight excluding hydrogens is 653 g/mol. The van der Waals surface area contributed by atoms with Crippen molar-refractivity contribution in [3.63, 3.8) is 0 Å². The highest BCUT2D eigenvalue weighted by atomic mass is 28.4. The summed E-state index contributed by atoms with van der Waals surface area (Å²) in [6.45, 7) is 25.0. The minimum absolute atomic E-state index is 0.00686. The van der Waals surface area contributed by atoms with E-state index in [1.54, 1.807) is 13.2 Å². The maximum Gasteiger partial charge on any atom is 0.317 e. The molecule has 49 heavy (non-hydrogen) atoms. The zero-order valence-corrected chi connectivity index (χ0v) is 34.0. The summed E-state index contributed by atoms with van der Waals surface area (Å²) >= 11 is 0. The predicted octanol–water partition coefficient (Wildman–Crippen LogP) is 8.45. The maximum absolute atomic E-state index is 13.6. The summed E-state index contributed by atoms with van der Waals surface area (Å²) in [5, 5.41) is 11.3. The molecular formula is C39H62O8Si2. The third-order valence-electron chi connectivity index (χ3n) is 10.4. The first-order chi connectivity index (χ1) is 22.7. The molecule has 1 N–H and O–H groups in total. The molecule has 1 heterocycles. The van der Waals surface area contributed by atoms with Crippen LogP contribution in [0.2, 0.25) is 36.3 Å². The second kappa shape index (κ2) is 16.8. The van der Waals surface area contributed by atoms with Crippen LogP contribution >= 0.6 is 0 Å². The van der Waals surface area contributed by atoms with E-state index < -0.39 is 40.4 Å². The lowest BCUT2D eigenvalue weighted by atomic mass is 9.83. The molecule has 2 aromatic carbocycles. The predicted molar refractivity (Wildman–Crippen MR) is 201 cm³/mol. The number of esters is 1. The van der Waals surface area contributed by atoms with Gasteiger partial charge < -0.3 is 32.9 Å². The van der Waals surface area contributed by atoms with Crippen LogP contribution in [0.1, 0.15) is 66.0 Å². The molecule has 3 rings (SSSR count). The highest BCUT2D eigenvalue weighted by Crippen LogP contribution is 2.45. The fourth-order valence-electron chi connectivity index (χ4n) is 5.10. The lowest BCUT2D eigenvalue weighted by Crippen LogP contribution is -2.52. The topological polar surface area (TPSA) is 92.7 Å². The number of cyclic esters (lactones) is 1. The Bertz CT molecular complexity index is 1350. The van der Waals surface area contributed by atoms with Crippen LogP contribution in [0.15, 0.2) is 66.7 Å². The summed E-state index contributed by atoms with van der Waals surface area (Å²) in [6, 6.07) is 17.7. The van der Waals surface area contributed by atoms with Crippen LogP contribution in [0.25, 0.3) is 0 Å². The third kappa shape index (κ3) is 11.3. The Balaban J connectivity index is 1.77. The Labute approximate surface area is 297 Å². The lowest BCUT2D eigenvalue weighted by molar-refractivity contribution is -0.151. The van der Waals surface area contributed by atoms with Gasteiger partial charge in [0.25, 0.3) is 0 Å². The van der Waals surface area contributed by atoms with Gasteiger partial charge in [-0.3, -0.25) is 4.79 Å². The number of methoxy groups -OCH3 is 1. The molecule has 8 nitrogen and oxygen atoms in total. The number of aliphatic hydroxyl groups is 1. The van der Waals surface area contributed by atoms with Crippen LogP contribution in [-0.4, -0.2) is 72.5 Å². The first kappa shape index (κ1) is 41.1. The van der Waals surface area contributed by atoms with Gasteiger partial charge in [0.05, 0.1) is 45.7 Å². The average Bonchev–Trinajstić information content (AvgIpc) is 3.23. The van der Waals surface area contributed by atoms with Crippen molar-refractivity contribution in [2.75, 3.05) is 20.3 Å². The van der Waals surface area contributed by atoms with Crippen molar-refractivity contribution < 1.29 is 37.7 Å². The highest BCUT2D eigenvalue weighted by molar-refractivity contribution is 6.74. The van der Waals surface area contributed by atoms with Crippen LogP contribution in [-0.2, 0) is 41.1 Å². The maximum atomic E-state index is 13.6. The molecule has 0 aromatic heterocycles. The van der Waals surface area contributed by atoms with E-state index in [2.05, 4.69) is 67.7 Å². The Morgan fingerprint density at radius 3 is 2.00 bits per heavy atom. The minimum atomic E-state index is -2.34. The third-order valence-corrected chi connectivity index (χ3v) is 19.4. The Hall–Kier alpha value is -2.32. The average molecular weight is 715 g/mol. The van der Waals surface area contributed by atoms with Gasteiger partial charge in [-0.15, -0.1) is 0 Å². The second-order valence-electron chi connectivity index (χ2n) is 16.6. The van der Waals surface area contributed by atoms with Crippen molar-refractivity contribution in [3.05, 3.63) is 77.9 Å². The van der Waals surface area contributed by atoms with E-state index in [1.807, 2.05) is 67.6 Å². The number of hydrogen-bond acceptors (Lipinski definition) is 8. The van der Waals surface area contributed by atoms with Gasteiger partial charge in [-0.25, -0.2) is 0 Å². The van der Waals surface area contributed by atoms with E-state index in [4.69, 9.17) is 27.8 Å². The van der Waals surface area contributed by atoms with Crippen LogP contribution < -0.4 is 4.74 Å².